The fourth-order valence-corrected chi connectivity index (χ4v) is 1.36. The summed E-state index contributed by atoms with van der Waals surface area (Å²) in [5.41, 5.74) is 1.08. The number of likely N-dealkylation sites (N-methyl/N-ethyl adjacent to an activating group) is 1. The molecule has 0 saturated heterocycles. The van der Waals surface area contributed by atoms with Gasteiger partial charge in [-0.3, -0.25) is 9.48 Å². The Morgan fingerprint density at radius 3 is 2.93 bits per heavy atom. The average Bonchev–Trinajstić information content (AvgIpc) is 2.62. The van der Waals surface area contributed by atoms with Crippen molar-refractivity contribution in [2.75, 3.05) is 13.7 Å². The van der Waals surface area contributed by atoms with Crippen molar-refractivity contribution >= 4 is 5.97 Å². The van der Waals surface area contributed by atoms with Gasteiger partial charge in [-0.25, -0.2) is 0 Å². The first-order valence-corrected chi connectivity index (χ1v) is 4.97. The predicted molar refractivity (Wildman–Crippen MR) is 56.4 cm³/mol. The number of nitrogens with one attached hydrogen (secondary N) is 1. The van der Waals surface area contributed by atoms with E-state index in [1.807, 2.05) is 20.0 Å². The van der Waals surface area contributed by atoms with Crippen LogP contribution in [0, 0.1) is 6.92 Å². The highest BCUT2D eigenvalue weighted by Gasteiger charge is 2.18. The van der Waals surface area contributed by atoms with E-state index < -0.39 is 0 Å². The van der Waals surface area contributed by atoms with E-state index >= 15 is 0 Å². The molecule has 1 unspecified atom stereocenters. The van der Waals surface area contributed by atoms with Gasteiger partial charge in [0, 0.05) is 6.20 Å². The summed E-state index contributed by atoms with van der Waals surface area (Å²) < 4.78 is 6.44. The second-order valence-electron chi connectivity index (χ2n) is 3.37. The molecule has 0 aliphatic heterocycles. The van der Waals surface area contributed by atoms with Crippen molar-refractivity contribution in [1.82, 2.24) is 15.1 Å². The number of nitrogens with zero attached hydrogens (tertiary/aromatic N) is 2. The average molecular weight is 211 g/mol. The molecule has 1 heterocycles. The summed E-state index contributed by atoms with van der Waals surface area (Å²) in [5.74, 6) is -0.259. The molecule has 1 atom stereocenters. The van der Waals surface area contributed by atoms with E-state index in [9.17, 15) is 4.79 Å². The number of esters is 1. The topological polar surface area (TPSA) is 56.2 Å². The van der Waals surface area contributed by atoms with Crippen molar-refractivity contribution in [3.8, 4) is 0 Å². The molecular formula is C10H17N3O2. The Bertz CT molecular complexity index is 322. The molecule has 1 N–H and O–H groups in total. The van der Waals surface area contributed by atoms with Crippen LogP contribution in [0.4, 0.5) is 0 Å². The molecule has 0 fully saturated rings. The maximum atomic E-state index is 11.4. The first-order chi connectivity index (χ1) is 7.17. The third-order valence-corrected chi connectivity index (χ3v) is 2.07. The Kier molecular flexibility index (Phi) is 4.30. The number of ether oxygens (including phenoxy) is 1. The molecule has 1 aromatic heterocycles. The third-order valence-electron chi connectivity index (χ3n) is 2.07. The molecule has 0 radical (unpaired) electrons. The minimum absolute atomic E-state index is 0.259. The lowest BCUT2D eigenvalue weighted by molar-refractivity contribution is -0.143. The second-order valence-corrected chi connectivity index (χ2v) is 3.37. The van der Waals surface area contributed by atoms with Crippen LogP contribution in [0.15, 0.2) is 12.4 Å². The minimum atomic E-state index is -0.334. The van der Waals surface area contributed by atoms with Crippen LogP contribution in [0.2, 0.25) is 0 Å². The lowest BCUT2D eigenvalue weighted by atomic mass is 10.3. The van der Waals surface area contributed by atoms with Crippen LogP contribution in [0.25, 0.3) is 0 Å². The number of carbonyl (C=O) groups is 1. The fourth-order valence-electron chi connectivity index (χ4n) is 1.36. The number of methoxy groups -OCH3 is 1. The maximum absolute atomic E-state index is 11.4. The SMILES string of the molecule is CCNC(Cn1cc(C)cn1)C(=O)OC. The molecule has 0 amide bonds. The fraction of sp³-hybridized carbons (Fsp3) is 0.600. The number of aryl methyl sites for hydroxylation is 1. The van der Waals surface area contributed by atoms with Gasteiger partial charge in [-0.05, 0) is 19.0 Å². The first-order valence-electron chi connectivity index (χ1n) is 4.97. The van der Waals surface area contributed by atoms with Crippen LogP contribution in [-0.2, 0) is 16.1 Å². The van der Waals surface area contributed by atoms with E-state index in [4.69, 9.17) is 4.74 Å². The zero-order valence-electron chi connectivity index (χ0n) is 9.36. The van der Waals surface area contributed by atoms with Gasteiger partial charge in [-0.1, -0.05) is 6.92 Å². The summed E-state index contributed by atoms with van der Waals surface area (Å²) >= 11 is 0. The highest BCUT2D eigenvalue weighted by Crippen LogP contribution is 1.98. The number of rotatable bonds is 5. The van der Waals surface area contributed by atoms with Crippen LogP contribution in [0.3, 0.4) is 0 Å². The quantitative estimate of drug-likeness (QED) is 0.714. The molecule has 0 aliphatic rings. The van der Waals surface area contributed by atoms with Crippen molar-refractivity contribution in [1.29, 1.82) is 0 Å². The summed E-state index contributed by atoms with van der Waals surface area (Å²) in [4.78, 5) is 11.4. The minimum Gasteiger partial charge on any atom is -0.468 e. The van der Waals surface area contributed by atoms with Crippen LogP contribution in [0.5, 0.6) is 0 Å². The van der Waals surface area contributed by atoms with Gasteiger partial charge in [0.25, 0.3) is 0 Å². The molecule has 0 aliphatic carbocycles. The van der Waals surface area contributed by atoms with Gasteiger partial charge in [-0.2, -0.15) is 5.10 Å². The van der Waals surface area contributed by atoms with Crippen LogP contribution in [-0.4, -0.2) is 35.4 Å². The van der Waals surface area contributed by atoms with E-state index in [1.165, 1.54) is 7.11 Å². The molecule has 0 bridgehead atoms. The van der Waals surface area contributed by atoms with Gasteiger partial charge >= 0.3 is 5.97 Å². The van der Waals surface area contributed by atoms with Crippen molar-refractivity contribution in [3.05, 3.63) is 18.0 Å². The van der Waals surface area contributed by atoms with Crippen LogP contribution in [0.1, 0.15) is 12.5 Å². The van der Waals surface area contributed by atoms with E-state index in [0.29, 0.717) is 6.54 Å². The van der Waals surface area contributed by atoms with Crippen molar-refractivity contribution in [2.45, 2.75) is 26.4 Å². The number of carbonyl (C=O) groups excluding carboxylic acids is 1. The lowest BCUT2D eigenvalue weighted by Crippen LogP contribution is -2.41. The largest absolute Gasteiger partial charge is 0.468 e. The number of hydrogen-bond donors (Lipinski definition) is 1. The molecule has 1 rings (SSSR count). The van der Waals surface area contributed by atoms with Crippen LogP contribution >= 0.6 is 0 Å². The summed E-state index contributed by atoms with van der Waals surface area (Å²) in [6.45, 7) is 5.13. The standard InChI is InChI=1S/C10H17N3O2/c1-4-11-9(10(14)15-3)7-13-6-8(2)5-12-13/h5-6,9,11H,4,7H2,1-3H3. The summed E-state index contributed by atoms with van der Waals surface area (Å²) in [6.07, 6.45) is 3.66. The third kappa shape index (κ3) is 3.36. The first kappa shape index (κ1) is 11.7. The Morgan fingerprint density at radius 1 is 1.73 bits per heavy atom. The smallest absolute Gasteiger partial charge is 0.324 e. The highest BCUT2D eigenvalue weighted by atomic mass is 16.5. The summed E-state index contributed by atoms with van der Waals surface area (Å²) in [6, 6.07) is -0.334. The van der Waals surface area contributed by atoms with Gasteiger partial charge in [0.1, 0.15) is 6.04 Å². The normalized spacial score (nSPS) is 12.5. The van der Waals surface area contributed by atoms with Crippen molar-refractivity contribution in [3.63, 3.8) is 0 Å². The number of aromatic nitrogens is 2. The predicted octanol–water partition coefficient (Wildman–Crippen LogP) is 0.343. The monoisotopic (exact) mass is 211 g/mol. The van der Waals surface area contributed by atoms with Gasteiger partial charge in [0.15, 0.2) is 0 Å². The molecule has 5 nitrogen and oxygen atoms in total. The summed E-state index contributed by atoms with van der Waals surface area (Å²) in [7, 11) is 1.39. The molecule has 0 aromatic carbocycles. The van der Waals surface area contributed by atoms with E-state index in [-0.39, 0.29) is 12.0 Å². The molecule has 84 valence electrons. The Labute approximate surface area is 89.4 Å². The highest BCUT2D eigenvalue weighted by molar-refractivity contribution is 5.75. The van der Waals surface area contributed by atoms with Crippen molar-refractivity contribution in [2.24, 2.45) is 0 Å². The summed E-state index contributed by atoms with van der Waals surface area (Å²) in [5, 5.41) is 7.18. The zero-order valence-corrected chi connectivity index (χ0v) is 9.36. The molecule has 1 aromatic rings. The van der Waals surface area contributed by atoms with Gasteiger partial charge < -0.3 is 10.1 Å². The van der Waals surface area contributed by atoms with Crippen molar-refractivity contribution < 1.29 is 9.53 Å². The Morgan fingerprint density at radius 2 is 2.47 bits per heavy atom. The number of hydrogen-bond acceptors (Lipinski definition) is 4. The Hall–Kier alpha value is -1.36. The molecule has 0 saturated carbocycles. The lowest BCUT2D eigenvalue weighted by Gasteiger charge is -2.14. The molecule has 15 heavy (non-hydrogen) atoms. The Balaban J connectivity index is 2.62. The van der Waals surface area contributed by atoms with E-state index in [0.717, 1.165) is 12.1 Å². The zero-order chi connectivity index (χ0) is 11.3. The van der Waals surface area contributed by atoms with Gasteiger partial charge in [0.05, 0.1) is 19.9 Å². The molecular weight excluding hydrogens is 194 g/mol. The van der Waals surface area contributed by atoms with Gasteiger partial charge in [0.2, 0.25) is 0 Å². The maximum Gasteiger partial charge on any atom is 0.324 e. The van der Waals surface area contributed by atoms with Gasteiger partial charge in [-0.15, -0.1) is 0 Å². The molecule has 5 heteroatoms. The van der Waals surface area contributed by atoms with E-state index in [1.54, 1.807) is 10.9 Å². The molecule has 0 spiro atoms. The van der Waals surface area contributed by atoms with E-state index in [2.05, 4.69) is 10.4 Å². The van der Waals surface area contributed by atoms with Crippen LogP contribution < -0.4 is 5.32 Å². The second kappa shape index (κ2) is 5.50.